The highest BCUT2D eigenvalue weighted by atomic mass is 16.4. The van der Waals surface area contributed by atoms with Gasteiger partial charge in [0.2, 0.25) is 5.91 Å². The first-order valence-corrected chi connectivity index (χ1v) is 4.43. The van der Waals surface area contributed by atoms with Crippen LogP contribution in [0.15, 0.2) is 0 Å². The molecule has 5 nitrogen and oxygen atoms in total. The molecule has 0 aliphatic rings. The fourth-order valence-electron chi connectivity index (χ4n) is 1.06. The van der Waals surface area contributed by atoms with Crippen LogP contribution in [0.5, 0.6) is 0 Å². The number of aliphatic carboxylic acids is 1. The number of carboxylic acid groups (broad SMARTS) is 1. The maximum Gasteiger partial charge on any atom is 0.326 e. The number of ketones is 1. The van der Waals surface area contributed by atoms with Gasteiger partial charge >= 0.3 is 5.97 Å². The van der Waals surface area contributed by atoms with Crippen molar-refractivity contribution in [1.82, 2.24) is 5.32 Å². The molecule has 0 aromatic rings. The molecule has 0 radical (unpaired) electrons. The number of hydrogen-bond donors (Lipinski definition) is 2. The lowest BCUT2D eigenvalue weighted by atomic mass is 10.1. The molecule has 0 rings (SSSR count). The molecule has 1 amide bonds. The van der Waals surface area contributed by atoms with Crippen molar-refractivity contribution in [3.63, 3.8) is 0 Å². The van der Waals surface area contributed by atoms with Gasteiger partial charge in [-0.15, -0.1) is 0 Å². The zero-order valence-corrected chi connectivity index (χ0v) is 8.37. The summed E-state index contributed by atoms with van der Waals surface area (Å²) in [6.45, 7) is 2.72. The van der Waals surface area contributed by atoms with E-state index in [1.807, 2.05) is 0 Å². The van der Waals surface area contributed by atoms with Crippen molar-refractivity contribution in [3.8, 4) is 0 Å². The fourth-order valence-corrected chi connectivity index (χ4v) is 1.06. The molecule has 2 N–H and O–H groups in total. The van der Waals surface area contributed by atoms with Gasteiger partial charge in [-0.2, -0.15) is 0 Å². The molecule has 5 heteroatoms. The van der Waals surface area contributed by atoms with E-state index in [1.54, 1.807) is 0 Å². The first kappa shape index (κ1) is 12.6. The Morgan fingerprint density at radius 2 is 1.86 bits per heavy atom. The molecule has 0 spiro atoms. The van der Waals surface area contributed by atoms with Gasteiger partial charge < -0.3 is 15.2 Å². The number of hydrogen-bond acceptors (Lipinski definition) is 3. The largest absolute Gasteiger partial charge is 0.480 e. The standard InChI is InChI=1S/C9H15NO4/c1-6(11)4-3-5-8(9(13)14)10-7(2)12/h8H,3-5H2,1-2H3,(H,10,12)(H,13,14). The summed E-state index contributed by atoms with van der Waals surface area (Å²) in [7, 11) is 0. The van der Waals surface area contributed by atoms with E-state index in [9.17, 15) is 14.4 Å². The predicted molar refractivity (Wildman–Crippen MR) is 49.8 cm³/mol. The van der Waals surface area contributed by atoms with E-state index in [2.05, 4.69) is 5.32 Å². The van der Waals surface area contributed by atoms with Crippen LogP contribution in [-0.2, 0) is 14.4 Å². The highest BCUT2D eigenvalue weighted by Gasteiger charge is 2.17. The predicted octanol–water partition coefficient (Wildman–Crippen LogP) is 0.335. The number of carbonyl (C=O) groups excluding carboxylic acids is 2. The zero-order valence-electron chi connectivity index (χ0n) is 8.37. The van der Waals surface area contributed by atoms with E-state index >= 15 is 0 Å². The quantitative estimate of drug-likeness (QED) is 0.648. The van der Waals surface area contributed by atoms with Gasteiger partial charge in [0.1, 0.15) is 11.8 Å². The normalized spacial score (nSPS) is 11.9. The molecule has 0 aromatic heterocycles. The molecule has 0 aliphatic carbocycles. The van der Waals surface area contributed by atoms with Crippen LogP contribution in [0.2, 0.25) is 0 Å². The first-order chi connectivity index (χ1) is 6.43. The summed E-state index contributed by atoms with van der Waals surface area (Å²) >= 11 is 0. The number of rotatable bonds is 6. The van der Waals surface area contributed by atoms with Gasteiger partial charge in [0.05, 0.1) is 0 Å². The second kappa shape index (κ2) is 6.12. The van der Waals surface area contributed by atoms with Crippen LogP contribution >= 0.6 is 0 Å². The molecule has 0 aliphatic heterocycles. The average Bonchev–Trinajstić information content (AvgIpc) is 2.00. The Kier molecular flexibility index (Phi) is 5.52. The van der Waals surface area contributed by atoms with Gasteiger partial charge in [-0.3, -0.25) is 4.79 Å². The number of amides is 1. The minimum Gasteiger partial charge on any atom is -0.480 e. The summed E-state index contributed by atoms with van der Waals surface area (Å²) in [6.07, 6.45) is 1.12. The lowest BCUT2D eigenvalue weighted by molar-refractivity contribution is -0.141. The van der Waals surface area contributed by atoms with E-state index in [0.717, 1.165) is 0 Å². The van der Waals surface area contributed by atoms with E-state index < -0.39 is 12.0 Å². The summed E-state index contributed by atoms with van der Waals surface area (Å²) in [5, 5.41) is 11.0. The van der Waals surface area contributed by atoms with Crippen LogP contribution < -0.4 is 5.32 Å². The molecule has 0 aromatic carbocycles. The summed E-state index contributed by atoms with van der Waals surface area (Å²) in [4.78, 5) is 31.8. The van der Waals surface area contributed by atoms with Crippen molar-refractivity contribution in [3.05, 3.63) is 0 Å². The molecular weight excluding hydrogens is 186 g/mol. The molecule has 0 bridgehead atoms. The molecule has 0 saturated carbocycles. The summed E-state index contributed by atoms with van der Waals surface area (Å²) < 4.78 is 0. The number of nitrogens with one attached hydrogen (secondary N) is 1. The number of Topliss-reactive ketones (excluding diaryl/α,β-unsaturated/α-hetero) is 1. The van der Waals surface area contributed by atoms with Gasteiger partial charge in [-0.25, -0.2) is 4.79 Å². The third kappa shape index (κ3) is 6.16. The van der Waals surface area contributed by atoms with Crippen molar-refractivity contribution >= 4 is 17.7 Å². The van der Waals surface area contributed by atoms with Gasteiger partial charge in [-0.05, 0) is 19.8 Å². The molecule has 0 heterocycles. The third-order valence-electron chi connectivity index (χ3n) is 1.70. The monoisotopic (exact) mass is 201 g/mol. The van der Waals surface area contributed by atoms with E-state index in [1.165, 1.54) is 13.8 Å². The second-order valence-electron chi connectivity index (χ2n) is 3.19. The molecule has 1 atom stereocenters. The maximum atomic E-state index is 10.6. The smallest absolute Gasteiger partial charge is 0.326 e. The Labute approximate surface area is 82.5 Å². The Morgan fingerprint density at radius 1 is 1.29 bits per heavy atom. The van der Waals surface area contributed by atoms with Crippen LogP contribution in [0.3, 0.4) is 0 Å². The molecule has 14 heavy (non-hydrogen) atoms. The van der Waals surface area contributed by atoms with Crippen LogP contribution in [-0.4, -0.2) is 28.8 Å². The Morgan fingerprint density at radius 3 is 2.21 bits per heavy atom. The minimum atomic E-state index is -1.07. The van der Waals surface area contributed by atoms with Crippen molar-refractivity contribution in [2.75, 3.05) is 0 Å². The molecule has 0 saturated heterocycles. The second-order valence-corrected chi connectivity index (χ2v) is 3.19. The first-order valence-electron chi connectivity index (χ1n) is 4.43. The summed E-state index contributed by atoms with van der Waals surface area (Å²) in [6, 6.07) is -0.883. The lowest BCUT2D eigenvalue weighted by Crippen LogP contribution is -2.39. The van der Waals surface area contributed by atoms with E-state index in [0.29, 0.717) is 12.8 Å². The van der Waals surface area contributed by atoms with Gasteiger partial charge in [0, 0.05) is 13.3 Å². The van der Waals surface area contributed by atoms with E-state index in [4.69, 9.17) is 5.11 Å². The van der Waals surface area contributed by atoms with Crippen molar-refractivity contribution < 1.29 is 19.5 Å². The summed E-state index contributed by atoms with van der Waals surface area (Å²) in [5.41, 5.74) is 0. The lowest BCUT2D eigenvalue weighted by Gasteiger charge is -2.11. The SMILES string of the molecule is CC(=O)CCCC(NC(C)=O)C(=O)O. The van der Waals surface area contributed by atoms with Crippen LogP contribution in [0.1, 0.15) is 33.1 Å². The zero-order chi connectivity index (χ0) is 11.1. The Balaban J connectivity index is 3.91. The molecule has 80 valence electrons. The minimum absolute atomic E-state index is 0.0250. The molecular formula is C9H15NO4. The number of carbonyl (C=O) groups is 3. The van der Waals surface area contributed by atoms with Crippen LogP contribution in [0, 0.1) is 0 Å². The maximum absolute atomic E-state index is 10.6. The van der Waals surface area contributed by atoms with Crippen LogP contribution in [0.4, 0.5) is 0 Å². The van der Waals surface area contributed by atoms with Crippen molar-refractivity contribution in [2.24, 2.45) is 0 Å². The van der Waals surface area contributed by atoms with Crippen LogP contribution in [0.25, 0.3) is 0 Å². The van der Waals surface area contributed by atoms with E-state index in [-0.39, 0.29) is 18.1 Å². The highest BCUT2D eigenvalue weighted by Crippen LogP contribution is 2.02. The van der Waals surface area contributed by atoms with Crippen molar-refractivity contribution in [1.29, 1.82) is 0 Å². The van der Waals surface area contributed by atoms with Gasteiger partial charge in [-0.1, -0.05) is 0 Å². The summed E-state index contributed by atoms with van der Waals surface area (Å²) in [5.74, 6) is -1.42. The van der Waals surface area contributed by atoms with Gasteiger partial charge in [0.15, 0.2) is 0 Å². The highest BCUT2D eigenvalue weighted by molar-refractivity contribution is 5.82. The van der Waals surface area contributed by atoms with Gasteiger partial charge in [0.25, 0.3) is 0 Å². The topological polar surface area (TPSA) is 83.5 Å². The Bertz CT molecular complexity index is 237. The Hall–Kier alpha value is -1.39. The third-order valence-corrected chi connectivity index (χ3v) is 1.70. The average molecular weight is 201 g/mol. The van der Waals surface area contributed by atoms with Crippen molar-refractivity contribution in [2.45, 2.75) is 39.2 Å². The molecule has 1 unspecified atom stereocenters. The molecule has 0 fully saturated rings. The fraction of sp³-hybridized carbons (Fsp3) is 0.667. The number of carboxylic acids is 1.